The SMILES string of the molecule is Cc1cc(CC(=O)N2CC3C(C2)C3(C)C)n[nH]1. The zero-order chi connectivity index (χ0) is 12.2. The number of nitrogens with one attached hydrogen (secondary N) is 1. The Hall–Kier alpha value is -1.32. The van der Waals surface area contributed by atoms with E-state index in [-0.39, 0.29) is 5.91 Å². The molecule has 2 atom stereocenters. The van der Waals surface area contributed by atoms with Crippen LogP contribution in [-0.2, 0) is 11.2 Å². The third-order valence-electron chi connectivity index (χ3n) is 4.57. The fraction of sp³-hybridized carbons (Fsp3) is 0.692. The van der Waals surface area contributed by atoms with E-state index in [0.717, 1.165) is 36.3 Å². The number of nitrogens with zero attached hydrogens (tertiary/aromatic N) is 2. The molecule has 17 heavy (non-hydrogen) atoms. The molecule has 4 heteroatoms. The number of fused-ring (bicyclic) bond motifs is 1. The molecule has 1 amide bonds. The summed E-state index contributed by atoms with van der Waals surface area (Å²) < 4.78 is 0. The van der Waals surface area contributed by atoms with E-state index in [1.54, 1.807) is 0 Å². The number of aryl methyl sites for hydroxylation is 1. The number of hydrogen-bond donors (Lipinski definition) is 1. The lowest BCUT2D eigenvalue weighted by Crippen LogP contribution is -2.34. The molecule has 0 aromatic carbocycles. The summed E-state index contributed by atoms with van der Waals surface area (Å²) in [7, 11) is 0. The van der Waals surface area contributed by atoms with Gasteiger partial charge in [0, 0.05) is 18.8 Å². The highest BCUT2D eigenvalue weighted by atomic mass is 16.2. The van der Waals surface area contributed by atoms with E-state index in [1.807, 2.05) is 17.9 Å². The Labute approximate surface area is 101 Å². The molecule has 4 nitrogen and oxygen atoms in total. The van der Waals surface area contributed by atoms with Gasteiger partial charge in [-0.05, 0) is 30.2 Å². The summed E-state index contributed by atoms with van der Waals surface area (Å²) in [6.45, 7) is 8.46. The van der Waals surface area contributed by atoms with E-state index in [0.29, 0.717) is 11.8 Å². The van der Waals surface area contributed by atoms with Gasteiger partial charge in [-0.1, -0.05) is 13.8 Å². The molecule has 0 bridgehead atoms. The van der Waals surface area contributed by atoms with Crippen molar-refractivity contribution >= 4 is 5.91 Å². The van der Waals surface area contributed by atoms with Gasteiger partial charge in [0.25, 0.3) is 0 Å². The molecule has 0 radical (unpaired) electrons. The van der Waals surface area contributed by atoms with Crippen LogP contribution in [0.2, 0.25) is 0 Å². The van der Waals surface area contributed by atoms with Crippen molar-refractivity contribution in [2.45, 2.75) is 27.2 Å². The van der Waals surface area contributed by atoms with Crippen molar-refractivity contribution in [3.05, 3.63) is 17.5 Å². The molecular weight excluding hydrogens is 214 g/mol. The van der Waals surface area contributed by atoms with E-state index in [2.05, 4.69) is 24.0 Å². The summed E-state index contributed by atoms with van der Waals surface area (Å²) in [4.78, 5) is 14.1. The summed E-state index contributed by atoms with van der Waals surface area (Å²) in [6, 6.07) is 1.94. The first kappa shape index (κ1) is 10.8. The first-order valence-corrected chi connectivity index (χ1v) is 6.27. The standard InChI is InChI=1S/C13H19N3O/c1-8-4-9(15-14-8)5-12(17)16-6-10-11(7-16)13(10,2)3/h4,10-11H,5-7H2,1-3H3,(H,14,15). The van der Waals surface area contributed by atoms with Crippen molar-refractivity contribution in [3.8, 4) is 0 Å². The first-order valence-electron chi connectivity index (χ1n) is 6.27. The van der Waals surface area contributed by atoms with Crippen molar-refractivity contribution in [1.82, 2.24) is 15.1 Å². The van der Waals surface area contributed by atoms with Crippen LogP contribution in [0.5, 0.6) is 0 Å². The lowest BCUT2D eigenvalue weighted by molar-refractivity contribution is -0.130. The summed E-state index contributed by atoms with van der Waals surface area (Å²) in [5.41, 5.74) is 2.34. The molecule has 1 aromatic heterocycles. The average molecular weight is 233 g/mol. The van der Waals surface area contributed by atoms with Crippen molar-refractivity contribution in [1.29, 1.82) is 0 Å². The molecule has 1 aliphatic carbocycles. The van der Waals surface area contributed by atoms with E-state index < -0.39 is 0 Å². The highest BCUT2D eigenvalue weighted by molar-refractivity contribution is 5.79. The number of carbonyl (C=O) groups is 1. The third kappa shape index (κ3) is 1.66. The van der Waals surface area contributed by atoms with Gasteiger partial charge in [-0.15, -0.1) is 0 Å². The average Bonchev–Trinajstić information content (AvgIpc) is 2.69. The molecule has 2 unspecified atom stereocenters. The predicted molar refractivity (Wildman–Crippen MR) is 64.4 cm³/mol. The number of rotatable bonds is 2. The Morgan fingerprint density at radius 2 is 2.18 bits per heavy atom. The van der Waals surface area contributed by atoms with E-state index in [1.165, 1.54) is 0 Å². The van der Waals surface area contributed by atoms with Gasteiger partial charge in [0.15, 0.2) is 0 Å². The van der Waals surface area contributed by atoms with E-state index in [9.17, 15) is 4.79 Å². The second-order valence-electron chi connectivity index (χ2n) is 6.05. The van der Waals surface area contributed by atoms with Crippen molar-refractivity contribution in [2.75, 3.05) is 13.1 Å². The summed E-state index contributed by atoms with van der Waals surface area (Å²) >= 11 is 0. The number of carbonyl (C=O) groups excluding carboxylic acids is 1. The molecule has 2 fully saturated rings. The predicted octanol–water partition coefficient (Wildman–Crippen LogP) is 1.38. The number of aromatic amines is 1. The second kappa shape index (κ2) is 3.34. The highest BCUT2D eigenvalue weighted by Gasteiger charge is 2.62. The Kier molecular flexibility index (Phi) is 2.12. The number of aromatic nitrogens is 2. The molecule has 0 spiro atoms. The van der Waals surface area contributed by atoms with Gasteiger partial charge in [-0.3, -0.25) is 9.89 Å². The largest absolute Gasteiger partial charge is 0.342 e. The molecule has 2 aliphatic rings. The summed E-state index contributed by atoms with van der Waals surface area (Å²) in [5, 5.41) is 6.99. The van der Waals surface area contributed by atoms with Gasteiger partial charge in [0.1, 0.15) is 0 Å². The minimum Gasteiger partial charge on any atom is -0.342 e. The van der Waals surface area contributed by atoms with Crippen LogP contribution in [0.15, 0.2) is 6.07 Å². The molecule has 3 rings (SSSR count). The van der Waals surface area contributed by atoms with Crippen LogP contribution in [0.4, 0.5) is 0 Å². The molecule has 1 saturated heterocycles. The Bertz CT molecular complexity index is 449. The highest BCUT2D eigenvalue weighted by Crippen LogP contribution is 2.61. The smallest absolute Gasteiger partial charge is 0.228 e. The monoisotopic (exact) mass is 233 g/mol. The molecule has 92 valence electrons. The number of H-pyrrole nitrogens is 1. The maximum atomic E-state index is 12.1. The number of piperidine rings is 1. The minimum absolute atomic E-state index is 0.222. The van der Waals surface area contributed by atoms with Crippen LogP contribution < -0.4 is 0 Å². The van der Waals surface area contributed by atoms with Crippen molar-refractivity contribution in [2.24, 2.45) is 17.3 Å². The lowest BCUT2D eigenvalue weighted by Gasteiger charge is -2.21. The van der Waals surface area contributed by atoms with Crippen molar-refractivity contribution in [3.63, 3.8) is 0 Å². The van der Waals surface area contributed by atoms with Gasteiger partial charge in [-0.25, -0.2) is 0 Å². The Balaban J connectivity index is 1.59. The fourth-order valence-electron chi connectivity index (χ4n) is 3.17. The first-order chi connectivity index (χ1) is 7.98. The van der Waals surface area contributed by atoms with Gasteiger partial charge in [0.05, 0.1) is 12.1 Å². The topological polar surface area (TPSA) is 49.0 Å². The maximum Gasteiger partial charge on any atom is 0.228 e. The lowest BCUT2D eigenvalue weighted by atomic mass is 10.1. The number of likely N-dealkylation sites (tertiary alicyclic amines) is 1. The zero-order valence-electron chi connectivity index (χ0n) is 10.7. The molecule has 1 N–H and O–H groups in total. The molecule has 1 saturated carbocycles. The Morgan fingerprint density at radius 1 is 1.53 bits per heavy atom. The maximum absolute atomic E-state index is 12.1. The minimum atomic E-state index is 0.222. The third-order valence-corrected chi connectivity index (χ3v) is 4.57. The fourth-order valence-corrected chi connectivity index (χ4v) is 3.17. The van der Waals surface area contributed by atoms with E-state index in [4.69, 9.17) is 0 Å². The molecule has 1 aliphatic heterocycles. The Morgan fingerprint density at radius 3 is 2.71 bits per heavy atom. The second-order valence-corrected chi connectivity index (χ2v) is 6.05. The molecule has 1 aromatic rings. The number of hydrogen-bond acceptors (Lipinski definition) is 2. The molecule has 2 heterocycles. The zero-order valence-corrected chi connectivity index (χ0v) is 10.7. The summed E-state index contributed by atoms with van der Waals surface area (Å²) in [6.07, 6.45) is 0.435. The van der Waals surface area contributed by atoms with Gasteiger partial charge < -0.3 is 4.90 Å². The van der Waals surface area contributed by atoms with Gasteiger partial charge >= 0.3 is 0 Å². The van der Waals surface area contributed by atoms with Crippen molar-refractivity contribution < 1.29 is 4.79 Å². The summed E-state index contributed by atoms with van der Waals surface area (Å²) in [5.74, 6) is 1.68. The van der Waals surface area contributed by atoms with Crippen LogP contribution in [0.1, 0.15) is 25.2 Å². The van der Waals surface area contributed by atoms with Crippen LogP contribution >= 0.6 is 0 Å². The number of amides is 1. The van der Waals surface area contributed by atoms with Crippen LogP contribution in [0, 0.1) is 24.2 Å². The van der Waals surface area contributed by atoms with Crippen LogP contribution in [0.25, 0.3) is 0 Å². The normalized spacial score (nSPS) is 29.2. The van der Waals surface area contributed by atoms with E-state index >= 15 is 0 Å². The molecular formula is C13H19N3O. The van der Waals surface area contributed by atoms with Crippen LogP contribution in [0.3, 0.4) is 0 Å². The quantitative estimate of drug-likeness (QED) is 0.839. The van der Waals surface area contributed by atoms with Crippen LogP contribution in [-0.4, -0.2) is 34.1 Å². The van der Waals surface area contributed by atoms with Gasteiger partial charge in [0.2, 0.25) is 5.91 Å². The van der Waals surface area contributed by atoms with Gasteiger partial charge in [-0.2, -0.15) is 5.10 Å².